The highest BCUT2D eigenvalue weighted by atomic mass is 32.2. The van der Waals surface area contributed by atoms with Crippen LogP contribution in [-0.2, 0) is 17.6 Å². The van der Waals surface area contributed by atoms with Gasteiger partial charge >= 0.3 is 0 Å². The van der Waals surface area contributed by atoms with Crippen molar-refractivity contribution >= 4 is 28.6 Å². The molecule has 2 aliphatic heterocycles. The van der Waals surface area contributed by atoms with E-state index in [1.165, 1.54) is 37.8 Å². The van der Waals surface area contributed by atoms with Crippen molar-refractivity contribution in [3.63, 3.8) is 0 Å². The molecule has 1 unspecified atom stereocenters. The predicted molar refractivity (Wildman–Crippen MR) is 118 cm³/mol. The second-order valence-corrected chi connectivity index (χ2v) is 9.74. The van der Waals surface area contributed by atoms with E-state index in [9.17, 15) is 4.55 Å². The van der Waals surface area contributed by atoms with E-state index >= 15 is 0 Å². The fraction of sp³-hybridized carbons (Fsp3) is 0.545. The van der Waals surface area contributed by atoms with Crippen molar-refractivity contribution in [2.24, 2.45) is 0 Å². The smallest absolute Gasteiger partial charge is 0.228 e. The Balaban J connectivity index is 1.34. The third kappa shape index (κ3) is 4.03. The van der Waals surface area contributed by atoms with E-state index in [0.29, 0.717) is 11.8 Å². The van der Waals surface area contributed by atoms with Gasteiger partial charge < -0.3 is 19.7 Å². The Hall–Kier alpha value is -1.99. The first-order valence-electron chi connectivity index (χ1n) is 10.9. The number of rotatable bonds is 4. The van der Waals surface area contributed by atoms with Crippen LogP contribution in [0.25, 0.3) is 0 Å². The number of para-hydroxylation sites is 1. The molecule has 1 saturated heterocycles. The van der Waals surface area contributed by atoms with Crippen molar-refractivity contribution in [3.8, 4) is 0 Å². The number of fused-ring (bicyclic) bond motifs is 1. The SMILES string of the molecule is [O-][S+]1CCc2nc(N3CCN(c4ccccc4)CC3)nc(NC3CCCCC3)c21. The number of piperazine rings is 1. The number of hydrogen-bond acceptors (Lipinski definition) is 6. The van der Waals surface area contributed by atoms with Gasteiger partial charge in [0.15, 0.2) is 5.82 Å². The summed E-state index contributed by atoms with van der Waals surface area (Å²) in [5.41, 5.74) is 2.26. The van der Waals surface area contributed by atoms with Gasteiger partial charge in [0.25, 0.3) is 0 Å². The molecule has 6 nitrogen and oxygen atoms in total. The monoisotopic (exact) mass is 411 g/mol. The summed E-state index contributed by atoms with van der Waals surface area (Å²) in [6.07, 6.45) is 7.00. The van der Waals surface area contributed by atoms with Crippen molar-refractivity contribution in [1.82, 2.24) is 9.97 Å². The van der Waals surface area contributed by atoms with Crippen LogP contribution in [0.3, 0.4) is 0 Å². The molecule has 2 aromatic rings. The van der Waals surface area contributed by atoms with Crippen molar-refractivity contribution in [3.05, 3.63) is 36.0 Å². The molecule has 2 fully saturated rings. The lowest BCUT2D eigenvalue weighted by Crippen LogP contribution is -2.47. The number of aryl methyl sites for hydroxylation is 1. The summed E-state index contributed by atoms with van der Waals surface area (Å²) in [5, 5.41) is 3.64. The van der Waals surface area contributed by atoms with Gasteiger partial charge in [0, 0.05) is 44.3 Å². The number of nitrogens with zero attached hydrogens (tertiary/aromatic N) is 4. The second-order valence-electron chi connectivity index (χ2n) is 8.24. The maximum absolute atomic E-state index is 12.6. The topological polar surface area (TPSA) is 67.4 Å². The number of aromatic nitrogens is 2. The van der Waals surface area contributed by atoms with Gasteiger partial charge in [-0.1, -0.05) is 37.5 Å². The largest absolute Gasteiger partial charge is 0.611 e. The van der Waals surface area contributed by atoms with E-state index in [1.54, 1.807) is 0 Å². The molecular weight excluding hydrogens is 382 g/mol. The highest BCUT2D eigenvalue weighted by Gasteiger charge is 2.34. The minimum atomic E-state index is -0.972. The molecule has 0 bridgehead atoms. The fourth-order valence-corrected chi connectivity index (χ4v) is 5.98. The molecule has 5 rings (SSSR count). The second kappa shape index (κ2) is 8.40. The molecule has 7 heteroatoms. The van der Waals surface area contributed by atoms with Gasteiger partial charge in [-0.25, -0.2) is 4.98 Å². The Bertz CT molecular complexity index is 835. The van der Waals surface area contributed by atoms with Crippen LogP contribution in [0.15, 0.2) is 35.2 Å². The third-order valence-electron chi connectivity index (χ3n) is 6.31. The van der Waals surface area contributed by atoms with Gasteiger partial charge in [0.1, 0.15) is 11.4 Å². The van der Waals surface area contributed by atoms with Crippen LogP contribution in [0.5, 0.6) is 0 Å². The standard InChI is InChI=1S/C22H29N5OS/c28-29-16-11-19-20(29)21(23-17-7-3-1-4-8-17)25-22(24-19)27-14-12-26(13-15-27)18-9-5-2-6-10-18/h2,5-6,9-10,17H,1,3-4,7-8,11-16H2,(H,23,24,25). The first kappa shape index (κ1) is 19.0. The third-order valence-corrected chi connectivity index (χ3v) is 7.76. The zero-order chi connectivity index (χ0) is 19.6. The predicted octanol–water partition coefficient (Wildman–Crippen LogP) is 3.21. The van der Waals surface area contributed by atoms with Gasteiger partial charge in [0.2, 0.25) is 10.8 Å². The fourth-order valence-electron chi connectivity index (χ4n) is 4.67. The Morgan fingerprint density at radius 3 is 2.41 bits per heavy atom. The molecular formula is C22H29N5OS. The maximum Gasteiger partial charge on any atom is 0.228 e. The normalized spacial score (nSPS) is 22.6. The lowest BCUT2D eigenvalue weighted by atomic mass is 9.95. The van der Waals surface area contributed by atoms with E-state index in [4.69, 9.17) is 9.97 Å². The minimum absolute atomic E-state index is 0.447. The summed E-state index contributed by atoms with van der Waals surface area (Å²) in [6, 6.07) is 11.0. The maximum atomic E-state index is 12.6. The lowest BCUT2D eigenvalue weighted by molar-refractivity contribution is 0.461. The first-order chi connectivity index (χ1) is 14.3. The molecule has 154 valence electrons. The van der Waals surface area contributed by atoms with Crippen molar-refractivity contribution in [2.45, 2.75) is 49.5 Å². The molecule has 1 saturated carbocycles. The Morgan fingerprint density at radius 2 is 1.66 bits per heavy atom. The van der Waals surface area contributed by atoms with E-state index in [0.717, 1.165) is 55.0 Å². The van der Waals surface area contributed by atoms with Crippen LogP contribution >= 0.6 is 0 Å². The molecule has 0 amide bonds. The van der Waals surface area contributed by atoms with Gasteiger partial charge in [-0.3, -0.25) is 0 Å². The average Bonchev–Trinajstić information content (AvgIpc) is 3.16. The van der Waals surface area contributed by atoms with Crippen molar-refractivity contribution in [2.75, 3.05) is 47.0 Å². The van der Waals surface area contributed by atoms with Gasteiger partial charge in [-0.15, -0.1) is 0 Å². The Morgan fingerprint density at radius 1 is 0.931 bits per heavy atom. The molecule has 1 aliphatic carbocycles. The molecule has 3 heterocycles. The van der Waals surface area contributed by atoms with Crippen molar-refractivity contribution in [1.29, 1.82) is 0 Å². The molecule has 1 N–H and O–H groups in total. The Labute approximate surface area is 175 Å². The summed E-state index contributed by atoms with van der Waals surface area (Å²) in [6.45, 7) is 3.73. The molecule has 29 heavy (non-hydrogen) atoms. The molecule has 1 atom stereocenters. The molecule has 0 spiro atoms. The summed E-state index contributed by atoms with van der Waals surface area (Å²) in [4.78, 5) is 15.3. The number of nitrogens with one attached hydrogen (secondary N) is 1. The summed E-state index contributed by atoms with van der Waals surface area (Å²) in [7, 11) is 0. The number of anilines is 3. The van der Waals surface area contributed by atoms with E-state index in [-0.39, 0.29) is 0 Å². The molecule has 0 radical (unpaired) electrons. The average molecular weight is 412 g/mol. The highest BCUT2D eigenvalue weighted by Crippen LogP contribution is 2.34. The van der Waals surface area contributed by atoms with E-state index < -0.39 is 11.2 Å². The van der Waals surface area contributed by atoms with Gasteiger partial charge in [0.05, 0.1) is 0 Å². The molecule has 3 aliphatic rings. The summed E-state index contributed by atoms with van der Waals surface area (Å²) >= 11 is -0.972. The van der Waals surface area contributed by atoms with E-state index in [1.807, 2.05) is 0 Å². The van der Waals surface area contributed by atoms with Crippen LogP contribution in [0.1, 0.15) is 37.8 Å². The summed E-state index contributed by atoms with van der Waals surface area (Å²) in [5.74, 6) is 2.31. The van der Waals surface area contributed by atoms with Crippen LogP contribution in [0.2, 0.25) is 0 Å². The van der Waals surface area contributed by atoms with Crippen LogP contribution < -0.4 is 15.1 Å². The minimum Gasteiger partial charge on any atom is -0.611 e. The zero-order valence-corrected chi connectivity index (χ0v) is 17.7. The van der Waals surface area contributed by atoms with Crippen LogP contribution in [0, 0.1) is 0 Å². The van der Waals surface area contributed by atoms with Gasteiger partial charge in [-0.05, 0) is 36.2 Å². The molecule has 1 aromatic heterocycles. The van der Waals surface area contributed by atoms with E-state index in [2.05, 4.69) is 45.4 Å². The zero-order valence-electron chi connectivity index (χ0n) is 16.8. The van der Waals surface area contributed by atoms with Crippen LogP contribution in [0.4, 0.5) is 17.5 Å². The molecule has 1 aromatic carbocycles. The lowest BCUT2D eigenvalue weighted by Gasteiger charge is -2.36. The summed E-state index contributed by atoms with van der Waals surface area (Å²) < 4.78 is 12.6. The quantitative estimate of drug-likeness (QED) is 0.780. The number of benzene rings is 1. The highest BCUT2D eigenvalue weighted by molar-refractivity contribution is 7.91. The first-order valence-corrected chi connectivity index (χ1v) is 12.2. The van der Waals surface area contributed by atoms with Crippen LogP contribution in [-0.4, -0.2) is 52.5 Å². The van der Waals surface area contributed by atoms with Gasteiger partial charge in [-0.2, -0.15) is 4.98 Å². The Kier molecular flexibility index (Phi) is 5.50. The van der Waals surface area contributed by atoms with Crippen molar-refractivity contribution < 1.29 is 4.55 Å². The number of hydrogen-bond donors (Lipinski definition) is 1.